The smallest absolute Gasteiger partial charge is 0.404 e. The van der Waals surface area contributed by atoms with Crippen molar-refractivity contribution in [1.82, 2.24) is 15.5 Å². The van der Waals surface area contributed by atoms with Gasteiger partial charge in [-0.1, -0.05) is 37.3 Å². The highest BCUT2D eigenvalue weighted by atomic mass is 16.4. The second-order valence-corrected chi connectivity index (χ2v) is 6.76. The van der Waals surface area contributed by atoms with Gasteiger partial charge in [0.25, 0.3) is 0 Å². The Kier molecular flexibility index (Phi) is 7.87. The van der Waals surface area contributed by atoms with Gasteiger partial charge in [0.1, 0.15) is 0 Å². The van der Waals surface area contributed by atoms with E-state index in [4.69, 9.17) is 10.8 Å². The molecule has 1 aliphatic heterocycles. The molecule has 2 amide bonds. The lowest BCUT2D eigenvalue weighted by atomic mass is 9.95. The Balaban J connectivity index is 2.07. The van der Waals surface area contributed by atoms with Crippen molar-refractivity contribution in [3.8, 4) is 0 Å². The molecule has 144 valence electrons. The highest BCUT2D eigenvalue weighted by Gasteiger charge is 2.31. The lowest BCUT2D eigenvalue weighted by Gasteiger charge is -2.28. The van der Waals surface area contributed by atoms with Crippen molar-refractivity contribution < 1.29 is 14.7 Å². The molecular formula is C19H30N4O3. The van der Waals surface area contributed by atoms with Gasteiger partial charge >= 0.3 is 6.09 Å². The fraction of sp³-hybridized carbons (Fsp3) is 0.579. The summed E-state index contributed by atoms with van der Waals surface area (Å²) in [7, 11) is 0. The van der Waals surface area contributed by atoms with E-state index in [0.717, 1.165) is 12.8 Å². The molecule has 26 heavy (non-hydrogen) atoms. The zero-order valence-corrected chi connectivity index (χ0v) is 15.4. The van der Waals surface area contributed by atoms with Crippen LogP contribution in [-0.4, -0.2) is 60.3 Å². The molecule has 0 unspecified atom stereocenters. The number of carboxylic acid groups (broad SMARTS) is 1. The van der Waals surface area contributed by atoms with Crippen LogP contribution in [0.15, 0.2) is 30.3 Å². The van der Waals surface area contributed by atoms with Crippen molar-refractivity contribution in [2.45, 2.75) is 44.2 Å². The molecule has 0 spiro atoms. The van der Waals surface area contributed by atoms with Crippen LogP contribution < -0.4 is 16.4 Å². The van der Waals surface area contributed by atoms with E-state index in [9.17, 15) is 9.59 Å². The molecular weight excluding hydrogens is 332 g/mol. The van der Waals surface area contributed by atoms with Gasteiger partial charge in [-0.15, -0.1) is 0 Å². The van der Waals surface area contributed by atoms with Crippen LogP contribution >= 0.6 is 0 Å². The van der Waals surface area contributed by atoms with Gasteiger partial charge in [0.15, 0.2) is 0 Å². The summed E-state index contributed by atoms with van der Waals surface area (Å²) in [6.45, 7) is 4.16. The summed E-state index contributed by atoms with van der Waals surface area (Å²) in [5, 5.41) is 14.4. The predicted molar refractivity (Wildman–Crippen MR) is 101 cm³/mol. The Hall–Kier alpha value is -2.12. The van der Waals surface area contributed by atoms with Crippen LogP contribution in [0.4, 0.5) is 4.79 Å². The average molecular weight is 362 g/mol. The van der Waals surface area contributed by atoms with E-state index in [2.05, 4.69) is 29.7 Å². The zero-order chi connectivity index (χ0) is 18.9. The Labute approximate surface area is 154 Å². The molecule has 2 rings (SSSR count). The van der Waals surface area contributed by atoms with Crippen molar-refractivity contribution in [3.05, 3.63) is 35.9 Å². The van der Waals surface area contributed by atoms with Crippen LogP contribution in [0.2, 0.25) is 0 Å². The lowest BCUT2D eigenvalue weighted by molar-refractivity contribution is -0.133. The van der Waals surface area contributed by atoms with Gasteiger partial charge in [-0.25, -0.2) is 4.79 Å². The number of nitrogens with one attached hydrogen (secondary N) is 2. The summed E-state index contributed by atoms with van der Waals surface area (Å²) in [6.07, 6.45) is 1.09. The molecule has 1 aromatic rings. The normalized spacial score (nSPS) is 21.9. The molecule has 1 aromatic carbocycles. The number of nitrogens with zero attached hydrogens (tertiary/aromatic N) is 1. The second kappa shape index (κ2) is 10.1. The Morgan fingerprint density at radius 3 is 2.77 bits per heavy atom. The standard InChI is InChI=1S/C19H30N4O3/c1-2-14(15-6-4-3-5-7-15)13-23-11-9-16(12-20)22-17(18(23)24)8-10-21-19(25)26/h3-7,14,16-17,21-22H,2,8-13,20H2,1H3,(H,25,26)/t14-,16+,17+/m1/s1. The van der Waals surface area contributed by atoms with Gasteiger partial charge in [0, 0.05) is 38.1 Å². The van der Waals surface area contributed by atoms with E-state index in [-0.39, 0.29) is 24.4 Å². The Morgan fingerprint density at radius 1 is 1.42 bits per heavy atom. The fourth-order valence-electron chi connectivity index (χ4n) is 3.44. The number of nitrogens with two attached hydrogens (primary N) is 1. The van der Waals surface area contributed by atoms with Gasteiger partial charge in [-0.3, -0.25) is 4.79 Å². The van der Waals surface area contributed by atoms with Gasteiger partial charge in [-0.05, 0) is 24.8 Å². The molecule has 1 aliphatic rings. The molecule has 0 saturated carbocycles. The second-order valence-electron chi connectivity index (χ2n) is 6.76. The van der Waals surface area contributed by atoms with Crippen LogP contribution in [0.3, 0.4) is 0 Å². The maximum atomic E-state index is 13.0. The molecule has 1 heterocycles. The summed E-state index contributed by atoms with van der Waals surface area (Å²) in [6, 6.07) is 9.90. The number of amides is 2. The lowest BCUT2D eigenvalue weighted by Crippen LogP contribution is -2.49. The minimum atomic E-state index is -1.08. The molecule has 0 aliphatic carbocycles. The van der Waals surface area contributed by atoms with Crippen molar-refractivity contribution >= 4 is 12.0 Å². The zero-order valence-electron chi connectivity index (χ0n) is 15.4. The first-order valence-corrected chi connectivity index (χ1v) is 9.31. The highest BCUT2D eigenvalue weighted by molar-refractivity contribution is 5.82. The van der Waals surface area contributed by atoms with E-state index in [1.165, 1.54) is 5.56 Å². The number of carbonyl (C=O) groups excluding carboxylic acids is 1. The van der Waals surface area contributed by atoms with Crippen LogP contribution in [0.1, 0.15) is 37.7 Å². The Morgan fingerprint density at radius 2 is 2.15 bits per heavy atom. The minimum Gasteiger partial charge on any atom is -0.465 e. The van der Waals surface area contributed by atoms with E-state index in [1.807, 2.05) is 23.1 Å². The molecule has 1 saturated heterocycles. The van der Waals surface area contributed by atoms with Crippen LogP contribution in [0.25, 0.3) is 0 Å². The average Bonchev–Trinajstić information content (AvgIpc) is 2.79. The third-order valence-corrected chi connectivity index (χ3v) is 4.99. The summed E-state index contributed by atoms with van der Waals surface area (Å²) in [5.41, 5.74) is 7.05. The molecule has 5 N–H and O–H groups in total. The molecule has 7 nitrogen and oxygen atoms in total. The fourth-order valence-corrected chi connectivity index (χ4v) is 3.44. The van der Waals surface area contributed by atoms with E-state index < -0.39 is 12.1 Å². The summed E-state index contributed by atoms with van der Waals surface area (Å²) in [5.74, 6) is 0.315. The van der Waals surface area contributed by atoms with Gasteiger partial charge < -0.3 is 26.4 Å². The summed E-state index contributed by atoms with van der Waals surface area (Å²) in [4.78, 5) is 25.6. The predicted octanol–water partition coefficient (Wildman–Crippen LogP) is 1.36. The van der Waals surface area contributed by atoms with Crippen molar-refractivity contribution in [3.63, 3.8) is 0 Å². The van der Waals surface area contributed by atoms with E-state index >= 15 is 0 Å². The number of hydrogen-bond donors (Lipinski definition) is 4. The number of hydrogen-bond acceptors (Lipinski definition) is 4. The van der Waals surface area contributed by atoms with Crippen LogP contribution in [-0.2, 0) is 4.79 Å². The molecule has 0 radical (unpaired) electrons. The van der Waals surface area contributed by atoms with Crippen LogP contribution in [0, 0.1) is 0 Å². The topological polar surface area (TPSA) is 108 Å². The third kappa shape index (κ3) is 5.71. The number of benzene rings is 1. The number of carbonyl (C=O) groups is 2. The molecule has 7 heteroatoms. The van der Waals surface area contributed by atoms with E-state index in [1.54, 1.807) is 0 Å². The minimum absolute atomic E-state index is 0.0301. The van der Waals surface area contributed by atoms with Crippen LogP contribution in [0.5, 0.6) is 0 Å². The monoisotopic (exact) mass is 362 g/mol. The maximum Gasteiger partial charge on any atom is 0.404 e. The first-order valence-electron chi connectivity index (χ1n) is 9.31. The third-order valence-electron chi connectivity index (χ3n) is 4.99. The quantitative estimate of drug-likeness (QED) is 0.558. The van der Waals surface area contributed by atoms with Gasteiger partial charge in [0.05, 0.1) is 6.04 Å². The Bertz CT molecular complexity index is 581. The van der Waals surface area contributed by atoms with Gasteiger partial charge in [0.2, 0.25) is 5.91 Å². The van der Waals surface area contributed by atoms with Crippen molar-refractivity contribution in [1.29, 1.82) is 0 Å². The highest BCUT2D eigenvalue weighted by Crippen LogP contribution is 2.22. The van der Waals surface area contributed by atoms with E-state index in [0.29, 0.717) is 26.1 Å². The van der Waals surface area contributed by atoms with Gasteiger partial charge in [-0.2, -0.15) is 0 Å². The first kappa shape index (κ1) is 20.2. The first-order chi connectivity index (χ1) is 12.5. The molecule has 1 fully saturated rings. The molecule has 3 atom stereocenters. The maximum absolute atomic E-state index is 13.0. The summed E-state index contributed by atoms with van der Waals surface area (Å²) < 4.78 is 0. The summed E-state index contributed by atoms with van der Waals surface area (Å²) >= 11 is 0. The SMILES string of the molecule is CC[C@H](CN1CC[C@@H](CN)N[C@@H](CCNC(=O)O)C1=O)c1ccccc1. The molecule has 0 aromatic heterocycles. The van der Waals surface area contributed by atoms with Crippen molar-refractivity contribution in [2.75, 3.05) is 26.2 Å². The van der Waals surface area contributed by atoms with Crippen molar-refractivity contribution in [2.24, 2.45) is 5.73 Å². The molecule has 0 bridgehead atoms. The largest absolute Gasteiger partial charge is 0.465 e. The number of rotatable bonds is 8.